The Morgan fingerprint density at radius 3 is 2.73 bits per heavy atom. The molecule has 0 spiro atoms. The van der Waals surface area contributed by atoms with Gasteiger partial charge in [-0.3, -0.25) is 0 Å². The molecule has 0 radical (unpaired) electrons. The van der Waals surface area contributed by atoms with Gasteiger partial charge >= 0.3 is 5.97 Å². The molecule has 134 valence electrons. The monoisotopic (exact) mass is 353 g/mol. The van der Waals surface area contributed by atoms with Crippen LogP contribution in [0.15, 0.2) is 42.7 Å². The third-order valence-electron chi connectivity index (χ3n) is 4.50. The average Bonchev–Trinajstić information content (AvgIpc) is 3.38. The van der Waals surface area contributed by atoms with Crippen molar-refractivity contribution in [1.82, 2.24) is 14.8 Å². The van der Waals surface area contributed by atoms with Crippen molar-refractivity contribution in [3.05, 3.63) is 53.9 Å². The topological polar surface area (TPSA) is 97.5 Å². The number of hydrogen-bond acceptors (Lipinski definition) is 5. The molecule has 0 saturated heterocycles. The molecule has 2 heterocycles. The van der Waals surface area contributed by atoms with Crippen molar-refractivity contribution < 1.29 is 19.7 Å². The predicted molar refractivity (Wildman–Crippen MR) is 94.3 cm³/mol. The summed E-state index contributed by atoms with van der Waals surface area (Å²) in [7, 11) is 0. The molecule has 7 nitrogen and oxygen atoms in total. The van der Waals surface area contributed by atoms with Gasteiger partial charge in [-0.25, -0.2) is 14.5 Å². The number of rotatable bonds is 7. The van der Waals surface area contributed by atoms with E-state index < -0.39 is 12.1 Å². The van der Waals surface area contributed by atoms with E-state index >= 15 is 0 Å². The van der Waals surface area contributed by atoms with Crippen LogP contribution < -0.4 is 0 Å². The van der Waals surface area contributed by atoms with E-state index in [1.165, 1.54) is 25.0 Å². The van der Waals surface area contributed by atoms with Crippen molar-refractivity contribution in [2.75, 3.05) is 13.2 Å². The molecular weight excluding hydrogens is 334 g/mol. The number of pyridine rings is 1. The maximum absolute atomic E-state index is 11.0. The van der Waals surface area contributed by atoms with E-state index in [1.807, 2.05) is 6.07 Å². The highest BCUT2D eigenvalue weighted by Gasteiger charge is 2.22. The first-order chi connectivity index (χ1) is 12.6. The zero-order valence-electron chi connectivity index (χ0n) is 14.1. The fourth-order valence-electron chi connectivity index (χ4n) is 2.78. The summed E-state index contributed by atoms with van der Waals surface area (Å²) in [6.07, 6.45) is 5.02. The van der Waals surface area contributed by atoms with Gasteiger partial charge in [0.1, 0.15) is 6.10 Å². The van der Waals surface area contributed by atoms with Gasteiger partial charge in [-0.15, -0.1) is 0 Å². The molecule has 0 amide bonds. The molecule has 1 aliphatic rings. The molecule has 1 atom stereocenters. The number of hydrogen-bond donors (Lipinski definition) is 2. The fraction of sp³-hybridized carbons (Fsp3) is 0.316. The summed E-state index contributed by atoms with van der Waals surface area (Å²) < 4.78 is 7.18. The highest BCUT2D eigenvalue weighted by Crippen LogP contribution is 2.29. The van der Waals surface area contributed by atoms with Gasteiger partial charge in [0.2, 0.25) is 0 Å². The van der Waals surface area contributed by atoms with Crippen molar-refractivity contribution >= 4 is 17.0 Å². The zero-order valence-corrected chi connectivity index (χ0v) is 14.1. The highest BCUT2D eigenvalue weighted by atomic mass is 16.5. The first-order valence-electron chi connectivity index (χ1n) is 8.55. The SMILES string of the molecule is O=C(O)c1ccc(-n2ncc3cc([C@H](O)COCC4CC4)cnc32)cc1. The third kappa shape index (κ3) is 3.44. The summed E-state index contributed by atoms with van der Waals surface area (Å²) in [4.78, 5) is 15.4. The molecule has 0 unspecified atom stereocenters. The predicted octanol–water partition coefficient (Wildman–Crippen LogP) is 2.58. The van der Waals surface area contributed by atoms with Crippen molar-refractivity contribution in [1.29, 1.82) is 0 Å². The zero-order chi connectivity index (χ0) is 18.1. The molecule has 1 fully saturated rings. The normalized spacial score (nSPS) is 15.3. The van der Waals surface area contributed by atoms with Crippen LogP contribution in [-0.2, 0) is 4.74 Å². The van der Waals surface area contributed by atoms with Crippen LogP contribution in [0.25, 0.3) is 16.7 Å². The number of aliphatic hydroxyl groups excluding tert-OH is 1. The molecular formula is C19H19N3O4. The number of nitrogens with zero attached hydrogens (tertiary/aromatic N) is 3. The number of fused-ring (bicyclic) bond motifs is 1. The molecule has 4 rings (SSSR count). The van der Waals surface area contributed by atoms with E-state index in [0.29, 0.717) is 23.7 Å². The number of carboxylic acids is 1. The van der Waals surface area contributed by atoms with Crippen LogP contribution in [0, 0.1) is 5.92 Å². The number of carboxylic acid groups (broad SMARTS) is 1. The van der Waals surface area contributed by atoms with Gasteiger partial charge in [-0.05, 0) is 49.1 Å². The number of carbonyl (C=O) groups is 1. The van der Waals surface area contributed by atoms with Crippen LogP contribution in [0.3, 0.4) is 0 Å². The van der Waals surface area contributed by atoms with Crippen molar-refractivity contribution in [3.8, 4) is 5.69 Å². The van der Waals surface area contributed by atoms with Gasteiger partial charge in [0, 0.05) is 23.8 Å². The van der Waals surface area contributed by atoms with Gasteiger partial charge < -0.3 is 14.9 Å². The molecule has 2 aromatic heterocycles. The van der Waals surface area contributed by atoms with Gasteiger partial charge in [0.05, 0.1) is 24.1 Å². The number of benzene rings is 1. The van der Waals surface area contributed by atoms with Crippen LogP contribution in [0.1, 0.15) is 34.9 Å². The second-order valence-electron chi connectivity index (χ2n) is 6.59. The van der Waals surface area contributed by atoms with Gasteiger partial charge in [-0.2, -0.15) is 5.10 Å². The molecule has 3 aromatic rings. The maximum Gasteiger partial charge on any atom is 0.335 e. The standard InChI is InChI=1S/C19H19N3O4/c23-17(11-26-10-12-1-2-12)14-7-15-9-21-22(18(15)20-8-14)16-5-3-13(4-6-16)19(24)25/h3-9,12,17,23H,1-2,10-11H2,(H,24,25)/t17-/m1/s1. The second-order valence-corrected chi connectivity index (χ2v) is 6.59. The van der Waals surface area contributed by atoms with E-state index in [0.717, 1.165) is 11.1 Å². The summed E-state index contributed by atoms with van der Waals surface area (Å²) in [5, 5.41) is 24.4. The van der Waals surface area contributed by atoms with E-state index in [2.05, 4.69) is 10.1 Å². The first-order valence-corrected chi connectivity index (χ1v) is 8.55. The first kappa shape index (κ1) is 16.7. The van der Waals surface area contributed by atoms with Crippen LogP contribution in [0.5, 0.6) is 0 Å². The van der Waals surface area contributed by atoms with Crippen molar-refractivity contribution in [2.45, 2.75) is 18.9 Å². The Kier molecular flexibility index (Phi) is 4.40. The summed E-state index contributed by atoms with van der Waals surface area (Å²) in [5.74, 6) is -0.309. The number of aliphatic hydroxyl groups is 1. The lowest BCUT2D eigenvalue weighted by atomic mass is 10.1. The largest absolute Gasteiger partial charge is 0.478 e. The molecule has 2 N–H and O–H groups in total. The Hall–Kier alpha value is -2.77. The lowest BCUT2D eigenvalue weighted by molar-refractivity contribution is 0.0314. The summed E-state index contributed by atoms with van der Waals surface area (Å²) in [5.41, 5.74) is 2.27. The Morgan fingerprint density at radius 1 is 1.27 bits per heavy atom. The molecule has 0 bridgehead atoms. The highest BCUT2D eigenvalue weighted by molar-refractivity contribution is 5.87. The van der Waals surface area contributed by atoms with E-state index in [1.54, 1.807) is 29.2 Å². The third-order valence-corrected chi connectivity index (χ3v) is 4.50. The van der Waals surface area contributed by atoms with Crippen molar-refractivity contribution in [3.63, 3.8) is 0 Å². The second kappa shape index (κ2) is 6.86. The summed E-state index contributed by atoms with van der Waals surface area (Å²) >= 11 is 0. The lowest BCUT2D eigenvalue weighted by Crippen LogP contribution is -2.09. The van der Waals surface area contributed by atoms with Gasteiger partial charge in [0.25, 0.3) is 0 Å². The van der Waals surface area contributed by atoms with E-state index in [4.69, 9.17) is 9.84 Å². The minimum atomic E-state index is -0.970. The fourth-order valence-corrected chi connectivity index (χ4v) is 2.78. The average molecular weight is 353 g/mol. The van der Waals surface area contributed by atoms with Crippen LogP contribution in [-0.4, -0.2) is 44.2 Å². The minimum Gasteiger partial charge on any atom is -0.478 e. The van der Waals surface area contributed by atoms with Gasteiger partial charge in [0.15, 0.2) is 5.65 Å². The molecule has 7 heteroatoms. The van der Waals surface area contributed by atoms with E-state index in [9.17, 15) is 9.90 Å². The van der Waals surface area contributed by atoms with Crippen LogP contribution >= 0.6 is 0 Å². The maximum atomic E-state index is 11.0. The lowest BCUT2D eigenvalue weighted by Gasteiger charge is -2.11. The minimum absolute atomic E-state index is 0.217. The van der Waals surface area contributed by atoms with Gasteiger partial charge in [-0.1, -0.05) is 0 Å². The smallest absolute Gasteiger partial charge is 0.335 e. The quantitative estimate of drug-likeness (QED) is 0.677. The van der Waals surface area contributed by atoms with Crippen LogP contribution in [0.4, 0.5) is 0 Å². The Balaban J connectivity index is 1.53. The number of aromatic nitrogens is 3. The number of aromatic carboxylic acids is 1. The molecule has 1 aromatic carbocycles. The molecule has 1 saturated carbocycles. The Morgan fingerprint density at radius 2 is 2.04 bits per heavy atom. The Labute approximate surface area is 149 Å². The Bertz CT molecular complexity index is 932. The van der Waals surface area contributed by atoms with Crippen LogP contribution in [0.2, 0.25) is 0 Å². The van der Waals surface area contributed by atoms with E-state index in [-0.39, 0.29) is 12.2 Å². The number of ether oxygens (including phenoxy) is 1. The molecule has 26 heavy (non-hydrogen) atoms. The van der Waals surface area contributed by atoms with Crippen molar-refractivity contribution in [2.24, 2.45) is 5.92 Å². The summed E-state index contributed by atoms with van der Waals surface area (Å²) in [6, 6.07) is 8.28. The molecule has 1 aliphatic carbocycles. The molecule has 0 aliphatic heterocycles. The summed E-state index contributed by atoms with van der Waals surface area (Å²) in [6.45, 7) is 0.964.